The Hall–Kier alpha value is -1.30. The standard InChI is InChI=1S/C14H14BrF2NO2/c1-7(2)14(3)6-11(19)18(13(14)20)12-9(16)4-8(15)5-10(12)17/h4-5,7H,6H2,1-3H3. The molecule has 2 rings (SSSR count). The van der Waals surface area contributed by atoms with Crippen LogP contribution in [-0.2, 0) is 9.59 Å². The van der Waals surface area contributed by atoms with E-state index in [1.807, 2.05) is 13.8 Å². The summed E-state index contributed by atoms with van der Waals surface area (Å²) in [5.41, 5.74) is -1.52. The lowest BCUT2D eigenvalue weighted by Crippen LogP contribution is -2.37. The van der Waals surface area contributed by atoms with Crippen LogP contribution in [0.1, 0.15) is 27.2 Å². The predicted octanol–water partition coefficient (Wildman–Crippen LogP) is 3.65. The maximum Gasteiger partial charge on any atom is 0.240 e. The van der Waals surface area contributed by atoms with Crippen LogP contribution in [0.5, 0.6) is 0 Å². The molecule has 0 aromatic heterocycles. The highest BCUT2D eigenvalue weighted by Gasteiger charge is 2.51. The minimum absolute atomic E-state index is 0.0432. The van der Waals surface area contributed by atoms with Crippen molar-refractivity contribution in [1.29, 1.82) is 0 Å². The third kappa shape index (κ3) is 2.16. The number of imide groups is 1. The zero-order valence-electron chi connectivity index (χ0n) is 11.3. The molecule has 1 aliphatic heterocycles. The summed E-state index contributed by atoms with van der Waals surface area (Å²) in [5.74, 6) is -3.12. The summed E-state index contributed by atoms with van der Waals surface area (Å²) in [4.78, 5) is 25.1. The highest BCUT2D eigenvalue weighted by molar-refractivity contribution is 9.10. The summed E-state index contributed by atoms with van der Waals surface area (Å²) < 4.78 is 28.1. The van der Waals surface area contributed by atoms with Crippen molar-refractivity contribution >= 4 is 33.4 Å². The molecule has 2 amide bonds. The lowest BCUT2D eigenvalue weighted by Gasteiger charge is -2.26. The normalized spacial score (nSPS) is 23.1. The Kier molecular flexibility index (Phi) is 3.71. The van der Waals surface area contributed by atoms with Crippen LogP contribution in [0.25, 0.3) is 0 Å². The van der Waals surface area contributed by atoms with Gasteiger partial charge in [-0.05, 0) is 25.0 Å². The molecule has 0 radical (unpaired) electrons. The molecule has 1 aromatic rings. The topological polar surface area (TPSA) is 37.4 Å². The van der Waals surface area contributed by atoms with E-state index in [9.17, 15) is 18.4 Å². The zero-order chi connectivity index (χ0) is 15.2. The Bertz CT molecular complexity index is 580. The second-order valence-electron chi connectivity index (χ2n) is 5.50. The number of anilines is 1. The summed E-state index contributed by atoms with van der Waals surface area (Å²) in [6, 6.07) is 2.06. The lowest BCUT2D eigenvalue weighted by molar-refractivity contribution is -0.126. The molecular weight excluding hydrogens is 332 g/mol. The van der Waals surface area contributed by atoms with Gasteiger partial charge in [0.1, 0.15) is 5.69 Å². The van der Waals surface area contributed by atoms with Gasteiger partial charge in [0.25, 0.3) is 0 Å². The largest absolute Gasteiger partial charge is 0.274 e. The molecule has 0 saturated carbocycles. The zero-order valence-corrected chi connectivity index (χ0v) is 12.9. The number of hydrogen-bond acceptors (Lipinski definition) is 2. The molecule has 0 aliphatic carbocycles. The molecule has 108 valence electrons. The van der Waals surface area contributed by atoms with Gasteiger partial charge < -0.3 is 0 Å². The smallest absolute Gasteiger partial charge is 0.240 e. The van der Waals surface area contributed by atoms with Gasteiger partial charge in [0.05, 0.1) is 5.41 Å². The summed E-state index contributed by atoms with van der Waals surface area (Å²) in [6.45, 7) is 5.26. The molecule has 1 fully saturated rings. The Morgan fingerprint density at radius 1 is 1.25 bits per heavy atom. The van der Waals surface area contributed by atoms with Crippen molar-refractivity contribution in [3.05, 3.63) is 28.2 Å². The second kappa shape index (κ2) is 4.91. The number of amides is 2. The van der Waals surface area contributed by atoms with E-state index < -0.39 is 34.6 Å². The minimum atomic E-state index is -0.938. The molecule has 1 atom stereocenters. The average molecular weight is 346 g/mol. The molecule has 20 heavy (non-hydrogen) atoms. The molecule has 1 heterocycles. The fourth-order valence-electron chi connectivity index (χ4n) is 2.26. The molecular formula is C14H14BrF2NO2. The number of benzene rings is 1. The molecule has 1 aromatic carbocycles. The van der Waals surface area contributed by atoms with Crippen molar-refractivity contribution in [3.63, 3.8) is 0 Å². The first-order chi connectivity index (χ1) is 9.18. The van der Waals surface area contributed by atoms with Gasteiger partial charge in [0.2, 0.25) is 11.8 Å². The molecule has 6 heteroatoms. The highest BCUT2D eigenvalue weighted by Crippen LogP contribution is 2.42. The van der Waals surface area contributed by atoms with Gasteiger partial charge in [-0.25, -0.2) is 13.7 Å². The van der Waals surface area contributed by atoms with Gasteiger partial charge in [-0.3, -0.25) is 9.59 Å². The second-order valence-corrected chi connectivity index (χ2v) is 6.42. The minimum Gasteiger partial charge on any atom is -0.274 e. The van der Waals surface area contributed by atoms with Crippen LogP contribution in [0, 0.1) is 23.0 Å². The van der Waals surface area contributed by atoms with Crippen molar-refractivity contribution in [2.45, 2.75) is 27.2 Å². The molecule has 1 saturated heterocycles. The Balaban J connectivity index is 2.55. The Morgan fingerprint density at radius 3 is 2.15 bits per heavy atom. The van der Waals surface area contributed by atoms with Crippen LogP contribution in [0.4, 0.5) is 14.5 Å². The Morgan fingerprint density at radius 2 is 1.75 bits per heavy atom. The number of halogens is 3. The van der Waals surface area contributed by atoms with Crippen molar-refractivity contribution in [1.82, 2.24) is 0 Å². The quantitative estimate of drug-likeness (QED) is 0.767. The van der Waals surface area contributed by atoms with E-state index in [2.05, 4.69) is 15.9 Å². The number of rotatable bonds is 2. The molecule has 1 aliphatic rings. The van der Waals surface area contributed by atoms with Gasteiger partial charge in [0, 0.05) is 10.9 Å². The number of hydrogen-bond donors (Lipinski definition) is 0. The number of carbonyl (C=O) groups excluding carboxylic acids is 2. The fraction of sp³-hybridized carbons (Fsp3) is 0.429. The molecule has 1 unspecified atom stereocenters. The van der Waals surface area contributed by atoms with Crippen LogP contribution in [0.15, 0.2) is 16.6 Å². The van der Waals surface area contributed by atoms with E-state index in [0.29, 0.717) is 4.90 Å². The highest BCUT2D eigenvalue weighted by atomic mass is 79.9. The predicted molar refractivity (Wildman–Crippen MR) is 74.1 cm³/mol. The van der Waals surface area contributed by atoms with Crippen molar-refractivity contribution in [2.75, 3.05) is 4.90 Å². The summed E-state index contributed by atoms with van der Waals surface area (Å²) in [6.07, 6.45) is -0.0432. The Labute approximate surface area is 124 Å². The number of carbonyl (C=O) groups is 2. The van der Waals surface area contributed by atoms with Crippen molar-refractivity contribution in [3.8, 4) is 0 Å². The van der Waals surface area contributed by atoms with E-state index in [4.69, 9.17) is 0 Å². The first-order valence-corrected chi connectivity index (χ1v) is 6.99. The van der Waals surface area contributed by atoms with Crippen LogP contribution in [0.2, 0.25) is 0 Å². The third-order valence-corrected chi connectivity index (χ3v) is 4.40. The molecule has 0 spiro atoms. The molecule has 0 bridgehead atoms. The SMILES string of the molecule is CC(C)C1(C)CC(=O)N(c2c(F)cc(Br)cc2F)C1=O. The van der Waals surface area contributed by atoms with Gasteiger partial charge in [-0.1, -0.05) is 29.8 Å². The van der Waals surface area contributed by atoms with Gasteiger partial charge in [0.15, 0.2) is 11.6 Å². The van der Waals surface area contributed by atoms with E-state index in [1.54, 1.807) is 6.92 Å². The monoisotopic (exact) mass is 345 g/mol. The first-order valence-electron chi connectivity index (χ1n) is 6.20. The van der Waals surface area contributed by atoms with E-state index >= 15 is 0 Å². The van der Waals surface area contributed by atoms with Crippen LogP contribution >= 0.6 is 15.9 Å². The summed E-state index contributed by atoms with van der Waals surface area (Å²) >= 11 is 2.96. The van der Waals surface area contributed by atoms with Crippen molar-refractivity contribution in [2.24, 2.45) is 11.3 Å². The van der Waals surface area contributed by atoms with Crippen LogP contribution in [-0.4, -0.2) is 11.8 Å². The van der Waals surface area contributed by atoms with Gasteiger partial charge in [-0.15, -0.1) is 0 Å². The van der Waals surface area contributed by atoms with Crippen LogP contribution < -0.4 is 4.90 Å². The maximum atomic E-state index is 13.9. The third-order valence-electron chi connectivity index (χ3n) is 3.94. The molecule has 3 nitrogen and oxygen atoms in total. The van der Waals surface area contributed by atoms with Crippen LogP contribution in [0.3, 0.4) is 0 Å². The summed E-state index contributed by atoms with van der Waals surface area (Å²) in [7, 11) is 0. The summed E-state index contributed by atoms with van der Waals surface area (Å²) in [5, 5.41) is 0. The average Bonchev–Trinajstić information content (AvgIpc) is 2.52. The van der Waals surface area contributed by atoms with Crippen molar-refractivity contribution < 1.29 is 18.4 Å². The van der Waals surface area contributed by atoms with E-state index in [0.717, 1.165) is 12.1 Å². The number of nitrogens with zero attached hydrogens (tertiary/aromatic N) is 1. The van der Waals surface area contributed by atoms with E-state index in [-0.39, 0.29) is 16.8 Å². The molecule has 0 N–H and O–H groups in total. The van der Waals surface area contributed by atoms with Gasteiger partial charge >= 0.3 is 0 Å². The van der Waals surface area contributed by atoms with Gasteiger partial charge in [-0.2, -0.15) is 0 Å². The fourth-order valence-corrected chi connectivity index (χ4v) is 2.66. The lowest BCUT2D eigenvalue weighted by atomic mass is 9.78. The van der Waals surface area contributed by atoms with E-state index in [1.165, 1.54) is 0 Å². The first kappa shape index (κ1) is 15.1. The maximum absolute atomic E-state index is 13.9.